The van der Waals surface area contributed by atoms with Gasteiger partial charge in [0.05, 0.1) is 6.10 Å². The zero-order valence-corrected chi connectivity index (χ0v) is 12.3. The molecule has 1 nitrogen and oxygen atoms in total. The van der Waals surface area contributed by atoms with Crippen LogP contribution in [0.2, 0.25) is 0 Å². The highest BCUT2D eigenvalue weighted by molar-refractivity contribution is 9.10. The first kappa shape index (κ1) is 12.7. The number of hydrogen-bond donors (Lipinski definition) is 1. The summed E-state index contributed by atoms with van der Waals surface area (Å²) in [6, 6.07) is 8.30. The van der Waals surface area contributed by atoms with E-state index in [-0.39, 0.29) is 6.10 Å². The summed E-state index contributed by atoms with van der Waals surface area (Å²) in [7, 11) is 0. The molecular weight excluding hydrogens is 288 g/mol. The first-order valence-electron chi connectivity index (χ1n) is 7.13. The molecule has 2 fully saturated rings. The van der Waals surface area contributed by atoms with Crippen molar-refractivity contribution in [2.75, 3.05) is 0 Å². The lowest BCUT2D eigenvalue weighted by Crippen LogP contribution is -2.20. The van der Waals surface area contributed by atoms with Gasteiger partial charge in [0.25, 0.3) is 0 Å². The first-order valence-corrected chi connectivity index (χ1v) is 7.92. The summed E-state index contributed by atoms with van der Waals surface area (Å²) < 4.78 is 1.10. The Hall–Kier alpha value is -0.340. The highest BCUT2D eigenvalue weighted by Gasteiger charge is 2.39. The molecule has 0 amide bonds. The van der Waals surface area contributed by atoms with Crippen LogP contribution in [-0.2, 0) is 6.42 Å². The average Bonchev–Trinajstić information content (AvgIpc) is 2.90. The van der Waals surface area contributed by atoms with Crippen molar-refractivity contribution in [1.29, 1.82) is 0 Å². The molecule has 0 aromatic heterocycles. The Morgan fingerprint density at radius 3 is 2.83 bits per heavy atom. The molecule has 3 rings (SSSR count). The van der Waals surface area contributed by atoms with Crippen LogP contribution in [0.4, 0.5) is 0 Å². The summed E-state index contributed by atoms with van der Waals surface area (Å²) in [5.74, 6) is 2.70. The highest BCUT2D eigenvalue weighted by Crippen LogP contribution is 2.49. The van der Waals surface area contributed by atoms with Crippen LogP contribution in [0.15, 0.2) is 28.7 Å². The number of rotatable bonds is 4. The summed E-state index contributed by atoms with van der Waals surface area (Å²) in [6.07, 6.45) is 7.32. The van der Waals surface area contributed by atoms with Gasteiger partial charge in [-0.3, -0.25) is 0 Å². The van der Waals surface area contributed by atoms with Crippen LogP contribution in [0, 0.1) is 17.8 Å². The van der Waals surface area contributed by atoms with Crippen LogP contribution in [0.5, 0.6) is 0 Å². The van der Waals surface area contributed by atoms with Gasteiger partial charge in [0.1, 0.15) is 0 Å². The average molecular weight is 309 g/mol. The Kier molecular flexibility index (Phi) is 3.76. The maximum atomic E-state index is 10.3. The van der Waals surface area contributed by atoms with E-state index in [4.69, 9.17) is 0 Å². The van der Waals surface area contributed by atoms with Gasteiger partial charge >= 0.3 is 0 Å². The highest BCUT2D eigenvalue weighted by atomic mass is 79.9. The minimum absolute atomic E-state index is 0.163. The number of hydrogen-bond acceptors (Lipinski definition) is 1. The van der Waals surface area contributed by atoms with Gasteiger partial charge in [-0.2, -0.15) is 0 Å². The van der Waals surface area contributed by atoms with Gasteiger partial charge in [-0.25, -0.2) is 0 Å². The summed E-state index contributed by atoms with van der Waals surface area (Å²) in [4.78, 5) is 0. The van der Waals surface area contributed by atoms with E-state index in [1.165, 1.54) is 31.2 Å². The molecular formula is C16H21BrO. The molecule has 0 heterocycles. The molecule has 4 unspecified atom stereocenters. The molecule has 2 heteroatoms. The summed E-state index contributed by atoms with van der Waals surface area (Å²) in [5.41, 5.74) is 1.24. The molecule has 1 aromatic rings. The van der Waals surface area contributed by atoms with Crippen molar-refractivity contribution in [3.63, 3.8) is 0 Å². The van der Waals surface area contributed by atoms with Crippen LogP contribution in [-0.4, -0.2) is 11.2 Å². The molecule has 0 spiro atoms. The van der Waals surface area contributed by atoms with E-state index in [9.17, 15) is 5.11 Å². The number of aliphatic hydroxyl groups is 1. The molecule has 0 saturated heterocycles. The molecule has 0 radical (unpaired) electrons. The second-order valence-corrected chi connectivity index (χ2v) is 7.07. The van der Waals surface area contributed by atoms with E-state index in [1.54, 1.807) is 0 Å². The molecule has 1 aromatic carbocycles. The van der Waals surface area contributed by atoms with Crippen LogP contribution in [0.3, 0.4) is 0 Å². The van der Waals surface area contributed by atoms with Crippen molar-refractivity contribution in [3.05, 3.63) is 34.3 Å². The Labute approximate surface area is 118 Å². The fourth-order valence-corrected chi connectivity index (χ4v) is 4.48. The van der Waals surface area contributed by atoms with Crippen molar-refractivity contribution >= 4 is 15.9 Å². The normalized spacial score (nSPS) is 31.8. The number of halogens is 1. The molecule has 2 bridgehead atoms. The first-order chi connectivity index (χ1) is 8.70. The van der Waals surface area contributed by atoms with Gasteiger partial charge in [0.15, 0.2) is 0 Å². The summed E-state index contributed by atoms with van der Waals surface area (Å²) in [5, 5.41) is 10.3. The largest absolute Gasteiger partial charge is 0.393 e. The van der Waals surface area contributed by atoms with Gasteiger partial charge in [0, 0.05) is 4.47 Å². The van der Waals surface area contributed by atoms with Crippen molar-refractivity contribution in [2.45, 2.75) is 44.6 Å². The molecule has 98 valence electrons. The SMILES string of the molecule is OC(Cc1cccc(Br)c1)CC1CC2CCC1C2. The molecule has 0 aliphatic heterocycles. The Morgan fingerprint density at radius 2 is 2.17 bits per heavy atom. The third-order valence-corrected chi connectivity index (χ3v) is 5.31. The van der Waals surface area contributed by atoms with Gasteiger partial charge in [-0.05, 0) is 67.6 Å². The fraction of sp³-hybridized carbons (Fsp3) is 0.625. The summed E-state index contributed by atoms with van der Waals surface area (Å²) in [6.45, 7) is 0. The standard InChI is InChI=1S/C16H21BrO/c17-15-3-1-2-11(8-15)9-16(18)10-14-7-12-4-5-13(14)6-12/h1-3,8,12-14,16,18H,4-7,9-10H2. The lowest BCUT2D eigenvalue weighted by atomic mass is 9.84. The molecule has 2 aliphatic rings. The van der Waals surface area contributed by atoms with E-state index in [0.29, 0.717) is 0 Å². The van der Waals surface area contributed by atoms with E-state index in [1.807, 2.05) is 12.1 Å². The predicted molar refractivity (Wildman–Crippen MR) is 77.4 cm³/mol. The monoisotopic (exact) mass is 308 g/mol. The van der Waals surface area contributed by atoms with E-state index < -0.39 is 0 Å². The maximum absolute atomic E-state index is 10.3. The van der Waals surface area contributed by atoms with E-state index in [0.717, 1.165) is 35.1 Å². The molecule has 2 saturated carbocycles. The minimum atomic E-state index is -0.163. The zero-order chi connectivity index (χ0) is 12.5. The van der Waals surface area contributed by atoms with E-state index in [2.05, 4.69) is 28.1 Å². The summed E-state index contributed by atoms with van der Waals surface area (Å²) >= 11 is 3.49. The Morgan fingerprint density at radius 1 is 1.28 bits per heavy atom. The quantitative estimate of drug-likeness (QED) is 0.884. The third-order valence-electron chi connectivity index (χ3n) is 4.82. The minimum Gasteiger partial charge on any atom is -0.393 e. The fourth-order valence-electron chi connectivity index (χ4n) is 4.03. The van der Waals surface area contributed by atoms with Gasteiger partial charge in [-0.1, -0.05) is 34.5 Å². The smallest absolute Gasteiger partial charge is 0.0583 e. The number of fused-ring (bicyclic) bond motifs is 2. The predicted octanol–water partition coefficient (Wildman–Crippen LogP) is 4.18. The van der Waals surface area contributed by atoms with Crippen molar-refractivity contribution in [3.8, 4) is 0 Å². The van der Waals surface area contributed by atoms with Gasteiger partial charge < -0.3 is 5.11 Å². The van der Waals surface area contributed by atoms with Crippen molar-refractivity contribution in [2.24, 2.45) is 17.8 Å². The van der Waals surface area contributed by atoms with Crippen LogP contribution in [0.1, 0.15) is 37.7 Å². The van der Waals surface area contributed by atoms with Crippen LogP contribution < -0.4 is 0 Å². The maximum Gasteiger partial charge on any atom is 0.0583 e. The van der Waals surface area contributed by atoms with Crippen molar-refractivity contribution in [1.82, 2.24) is 0 Å². The molecule has 18 heavy (non-hydrogen) atoms. The van der Waals surface area contributed by atoms with E-state index >= 15 is 0 Å². The Balaban J connectivity index is 1.54. The number of benzene rings is 1. The van der Waals surface area contributed by atoms with Crippen LogP contribution >= 0.6 is 15.9 Å². The molecule has 4 atom stereocenters. The topological polar surface area (TPSA) is 20.2 Å². The second-order valence-electron chi connectivity index (χ2n) is 6.16. The van der Waals surface area contributed by atoms with Crippen LogP contribution in [0.25, 0.3) is 0 Å². The lowest BCUT2D eigenvalue weighted by molar-refractivity contribution is 0.124. The molecule has 2 aliphatic carbocycles. The Bertz CT molecular complexity index is 417. The van der Waals surface area contributed by atoms with Gasteiger partial charge in [0.2, 0.25) is 0 Å². The third kappa shape index (κ3) is 2.80. The lowest BCUT2D eigenvalue weighted by Gasteiger charge is -2.24. The van der Waals surface area contributed by atoms with Gasteiger partial charge in [-0.15, -0.1) is 0 Å². The second kappa shape index (κ2) is 5.34. The zero-order valence-electron chi connectivity index (χ0n) is 10.7. The molecule has 1 N–H and O–H groups in total. The van der Waals surface area contributed by atoms with Crippen molar-refractivity contribution < 1.29 is 5.11 Å². The number of aliphatic hydroxyl groups excluding tert-OH is 1.